The van der Waals surface area contributed by atoms with Crippen molar-refractivity contribution < 1.29 is 5.21 Å². The lowest BCUT2D eigenvalue weighted by molar-refractivity contribution is 0.382. The van der Waals surface area contributed by atoms with Crippen LogP contribution in [0, 0.1) is 0 Å². The Morgan fingerprint density at radius 3 is 2.58 bits per heavy atom. The van der Waals surface area contributed by atoms with Gasteiger partial charge in [-0.2, -0.15) is 15.0 Å². The van der Waals surface area contributed by atoms with Crippen LogP contribution >= 0.6 is 11.6 Å². The maximum absolute atomic E-state index is 8.47. The molecule has 66 valence electrons. The molecule has 1 heterocycles. The maximum atomic E-state index is 8.47. The van der Waals surface area contributed by atoms with Crippen LogP contribution in [0.3, 0.4) is 0 Å². The quantitative estimate of drug-likeness (QED) is 0.609. The lowest BCUT2D eigenvalue weighted by Crippen LogP contribution is -2.06. The molecule has 0 aliphatic heterocycles. The van der Waals surface area contributed by atoms with E-state index in [9.17, 15) is 0 Å². The minimum atomic E-state index is 0.0194. The first-order valence-electron chi connectivity index (χ1n) is 3.31. The van der Waals surface area contributed by atoms with Crippen LogP contribution in [0.25, 0.3) is 0 Å². The fourth-order valence-corrected chi connectivity index (χ4v) is 0.797. The summed E-state index contributed by atoms with van der Waals surface area (Å²) in [6.45, 7) is 2.56. The van der Waals surface area contributed by atoms with Crippen LogP contribution in [0.4, 0.5) is 11.9 Å². The highest BCUT2D eigenvalue weighted by molar-refractivity contribution is 6.28. The number of hydrogen-bond donors (Lipinski definition) is 3. The third kappa shape index (κ3) is 2.18. The molecule has 7 heteroatoms. The van der Waals surface area contributed by atoms with Crippen molar-refractivity contribution in [2.75, 3.05) is 17.3 Å². The lowest BCUT2D eigenvalue weighted by Gasteiger charge is -2.02. The zero-order chi connectivity index (χ0) is 8.97. The van der Waals surface area contributed by atoms with E-state index in [1.807, 2.05) is 6.92 Å². The van der Waals surface area contributed by atoms with E-state index in [1.165, 1.54) is 0 Å². The molecule has 0 bridgehead atoms. The Balaban J connectivity index is 2.90. The highest BCUT2D eigenvalue weighted by Gasteiger charge is 2.01. The third-order valence-electron chi connectivity index (χ3n) is 1.04. The zero-order valence-corrected chi connectivity index (χ0v) is 7.13. The van der Waals surface area contributed by atoms with E-state index in [0.717, 1.165) is 0 Å². The highest BCUT2D eigenvalue weighted by atomic mass is 35.5. The van der Waals surface area contributed by atoms with Gasteiger partial charge < -0.3 is 5.32 Å². The van der Waals surface area contributed by atoms with Gasteiger partial charge in [-0.3, -0.25) is 5.21 Å². The lowest BCUT2D eigenvalue weighted by atomic mass is 10.7. The largest absolute Gasteiger partial charge is 0.354 e. The molecule has 0 spiro atoms. The van der Waals surface area contributed by atoms with Gasteiger partial charge in [-0.15, -0.1) is 0 Å². The fourth-order valence-electron chi connectivity index (χ4n) is 0.637. The van der Waals surface area contributed by atoms with Crippen LogP contribution in [0.15, 0.2) is 0 Å². The molecular weight excluding hydrogens is 182 g/mol. The monoisotopic (exact) mass is 189 g/mol. The van der Waals surface area contributed by atoms with E-state index < -0.39 is 0 Å². The molecule has 3 N–H and O–H groups in total. The molecular formula is C5H8ClN5O. The second-order valence-electron chi connectivity index (χ2n) is 1.89. The molecule has 0 radical (unpaired) electrons. The van der Waals surface area contributed by atoms with Crippen molar-refractivity contribution in [3.05, 3.63) is 5.28 Å². The van der Waals surface area contributed by atoms with Gasteiger partial charge in [0.2, 0.25) is 11.2 Å². The molecule has 0 saturated carbocycles. The number of nitrogens with one attached hydrogen (secondary N) is 2. The first-order chi connectivity index (χ1) is 5.76. The summed E-state index contributed by atoms with van der Waals surface area (Å²) >= 11 is 5.51. The standard InChI is InChI=1S/C5H8ClN5O/c1-2-7-4-8-3(6)9-5(10-4)11-12/h12H,2H2,1H3,(H2,7,8,9,10,11). The van der Waals surface area contributed by atoms with E-state index in [2.05, 4.69) is 20.3 Å². The molecule has 12 heavy (non-hydrogen) atoms. The predicted molar refractivity (Wildman–Crippen MR) is 44.4 cm³/mol. The van der Waals surface area contributed by atoms with Gasteiger partial charge in [0.15, 0.2) is 0 Å². The summed E-state index contributed by atoms with van der Waals surface area (Å²) in [6.07, 6.45) is 0. The molecule has 0 saturated heterocycles. The summed E-state index contributed by atoms with van der Waals surface area (Å²) in [4.78, 5) is 11.1. The van der Waals surface area contributed by atoms with Gasteiger partial charge in [0.25, 0.3) is 5.95 Å². The number of aromatic nitrogens is 3. The summed E-state index contributed by atoms with van der Waals surface area (Å²) in [5.41, 5.74) is 1.78. The van der Waals surface area contributed by atoms with Crippen molar-refractivity contribution >= 4 is 23.5 Å². The normalized spacial score (nSPS) is 9.58. The van der Waals surface area contributed by atoms with Crippen LogP contribution in [-0.2, 0) is 0 Å². The van der Waals surface area contributed by atoms with E-state index >= 15 is 0 Å². The Kier molecular flexibility index (Phi) is 3.01. The summed E-state index contributed by atoms with van der Waals surface area (Å²) < 4.78 is 0. The molecule has 1 aromatic rings. The fraction of sp³-hybridized carbons (Fsp3) is 0.400. The predicted octanol–water partition coefficient (Wildman–Crippen LogP) is 0.758. The van der Waals surface area contributed by atoms with Gasteiger partial charge in [0.1, 0.15) is 0 Å². The van der Waals surface area contributed by atoms with Crippen molar-refractivity contribution in [3.63, 3.8) is 0 Å². The molecule has 0 unspecified atom stereocenters. The molecule has 0 aliphatic rings. The molecule has 0 amide bonds. The summed E-state index contributed by atoms with van der Waals surface area (Å²) in [5, 5.41) is 11.3. The van der Waals surface area contributed by atoms with E-state index in [1.54, 1.807) is 5.48 Å². The van der Waals surface area contributed by atoms with Crippen molar-refractivity contribution in [2.24, 2.45) is 0 Å². The average molecular weight is 190 g/mol. The molecule has 1 rings (SSSR count). The molecule has 0 fully saturated rings. The van der Waals surface area contributed by atoms with Crippen LogP contribution < -0.4 is 10.8 Å². The Morgan fingerprint density at radius 2 is 2.00 bits per heavy atom. The maximum Gasteiger partial charge on any atom is 0.253 e. The molecule has 6 nitrogen and oxygen atoms in total. The van der Waals surface area contributed by atoms with Gasteiger partial charge in [-0.05, 0) is 18.5 Å². The van der Waals surface area contributed by atoms with Crippen molar-refractivity contribution in [1.82, 2.24) is 15.0 Å². The number of anilines is 2. The van der Waals surface area contributed by atoms with Gasteiger partial charge in [0.05, 0.1) is 0 Å². The van der Waals surface area contributed by atoms with Gasteiger partial charge >= 0.3 is 0 Å². The number of rotatable bonds is 3. The van der Waals surface area contributed by atoms with Crippen LogP contribution in [-0.4, -0.2) is 26.7 Å². The van der Waals surface area contributed by atoms with E-state index in [-0.39, 0.29) is 11.2 Å². The molecule has 0 atom stereocenters. The first-order valence-corrected chi connectivity index (χ1v) is 3.69. The van der Waals surface area contributed by atoms with Gasteiger partial charge in [-0.25, -0.2) is 5.48 Å². The first kappa shape index (κ1) is 8.95. The average Bonchev–Trinajstić information content (AvgIpc) is 2.04. The summed E-state index contributed by atoms with van der Waals surface area (Å²) in [6, 6.07) is 0. The second-order valence-corrected chi connectivity index (χ2v) is 2.23. The molecule has 0 aliphatic carbocycles. The van der Waals surface area contributed by atoms with E-state index in [0.29, 0.717) is 12.5 Å². The number of nitrogens with zero attached hydrogens (tertiary/aromatic N) is 3. The number of halogens is 1. The summed E-state index contributed by atoms with van der Waals surface area (Å²) in [7, 11) is 0. The molecule has 1 aromatic heterocycles. The van der Waals surface area contributed by atoms with Crippen LogP contribution in [0.1, 0.15) is 6.92 Å². The SMILES string of the molecule is CCNc1nc(Cl)nc(NO)n1. The van der Waals surface area contributed by atoms with Crippen molar-refractivity contribution in [2.45, 2.75) is 6.92 Å². The van der Waals surface area contributed by atoms with Crippen molar-refractivity contribution in [3.8, 4) is 0 Å². The Bertz CT molecular complexity index is 268. The minimum absolute atomic E-state index is 0.0194. The Hall–Kier alpha value is -1.14. The summed E-state index contributed by atoms with van der Waals surface area (Å²) in [5.74, 6) is 0.347. The number of hydrogen-bond acceptors (Lipinski definition) is 6. The van der Waals surface area contributed by atoms with Crippen molar-refractivity contribution in [1.29, 1.82) is 0 Å². The Morgan fingerprint density at radius 1 is 1.33 bits per heavy atom. The zero-order valence-electron chi connectivity index (χ0n) is 6.37. The third-order valence-corrected chi connectivity index (χ3v) is 1.21. The van der Waals surface area contributed by atoms with E-state index in [4.69, 9.17) is 16.8 Å². The highest BCUT2D eigenvalue weighted by Crippen LogP contribution is 2.07. The topological polar surface area (TPSA) is 83.0 Å². The van der Waals surface area contributed by atoms with Gasteiger partial charge in [-0.1, -0.05) is 0 Å². The van der Waals surface area contributed by atoms with Crippen LogP contribution in [0.5, 0.6) is 0 Å². The van der Waals surface area contributed by atoms with Gasteiger partial charge in [0, 0.05) is 6.54 Å². The molecule has 0 aromatic carbocycles. The minimum Gasteiger partial charge on any atom is -0.354 e. The van der Waals surface area contributed by atoms with Crippen LogP contribution in [0.2, 0.25) is 5.28 Å². The smallest absolute Gasteiger partial charge is 0.253 e. The Labute approximate surface area is 74.0 Å². The second kappa shape index (κ2) is 4.03.